The molecular formula is C19H25F3N4O2. The number of hydrogen-bond donors (Lipinski definition) is 1. The third-order valence-corrected chi connectivity index (χ3v) is 4.23. The van der Waals surface area contributed by atoms with Gasteiger partial charge in [-0.1, -0.05) is 19.9 Å². The van der Waals surface area contributed by atoms with Gasteiger partial charge in [0.1, 0.15) is 11.4 Å². The Balaban J connectivity index is 1.81. The first kappa shape index (κ1) is 21.7. The highest BCUT2D eigenvalue weighted by atomic mass is 19.4. The number of hydrogen-bond acceptors (Lipinski definition) is 4. The maximum absolute atomic E-state index is 12.7. The van der Waals surface area contributed by atoms with Gasteiger partial charge in [0.05, 0.1) is 5.56 Å². The molecule has 28 heavy (non-hydrogen) atoms. The van der Waals surface area contributed by atoms with E-state index in [0.29, 0.717) is 6.54 Å². The molecule has 0 aliphatic heterocycles. The van der Waals surface area contributed by atoms with Crippen LogP contribution in [-0.4, -0.2) is 46.8 Å². The normalized spacial score (nSPS) is 11.6. The van der Waals surface area contributed by atoms with E-state index in [1.165, 1.54) is 22.9 Å². The monoisotopic (exact) mass is 398 g/mol. The van der Waals surface area contributed by atoms with Crippen LogP contribution in [0.3, 0.4) is 0 Å². The van der Waals surface area contributed by atoms with Gasteiger partial charge in [-0.15, -0.1) is 0 Å². The second-order valence-electron chi connectivity index (χ2n) is 6.18. The second kappa shape index (κ2) is 10.1. The SMILES string of the molecule is CCN(CC)CCCNC(=O)c1ccn(COc2cccc(C(F)(F)F)c2)n1. The first-order valence-electron chi connectivity index (χ1n) is 9.17. The van der Waals surface area contributed by atoms with Crippen LogP contribution in [0.25, 0.3) is 0 Å². The molecule has 2 aromatic rings. The minimum Gasteiger partial charge on any atom is -0.471 e. The van der Waals surface area contributed by atoms with Crippen molar-refractivity contribution in [3.63, 3.8) is 0 Å². The lowest BCUT2D eigenvalue weighted by Crippen LogP contribution is -2.30. The molecule has 0 saturated carbocycles. The van der Waals surface area contributed by atoms with Crippen LogP contribution in [0.15, 0.2) is 36.5 Å². The topological polar surface area (TPSA) is 59.4 Å². The quantitative estimate of drug-likeness (QED) is 0.624. The Morgan fingerprint density at radius 2 is 2.00 bits per heavy atom. The highest BCUT2D eigenvalue weighted by molar-refractivity contribution is 5.92. The molecule has 0 spiro atoms. The Bertz CT molecular complexity index is 758. The lowest BCUT2D eigenvalue weighted by molar-refractivity contribution is -0.137. The summed E-state index contributed by atoms with van der Waals surface area (Å²) < 4.78 is 44.8. The van der Waals surface area contributed by atoms with Gasteiger partial charge in [-0.05, 0) is 50.3 Å². The van der Waals surface area contributed by atoms with Gasteiger partial charge in [-0.25, -0.2) is 4.68 Å². The van der Waals surface area contributed by atoms with E-state index >= 15 is 0 Å². The van der Waals surface area contributed by atoms with Crippen molar-refractivity contribution in [2.75, 3.05) is 26.2 Å². The minimum absolute atomic E-state index is 0.0766. The fourth-order valence-corrected chi connectivity index (χ4v) is 2.59. The van der Waals surface area contributed by atoms with Crippen LogP contribution in [0, 0.1) is 0 Å². The van der Waals surface area contributed by atoms with Gasteiger partial charge >= 0.3 is 6.18 Å². The summed E-state index contributed by atoms with van der Waals surface area (Å²) in [7, 11) is 0. The summed E-state index contributed by atoms with van der Waals surface area (Å²) in [4.78, 5) is 14.4. The highest BCUT2D eigenvalue weighted by Crippen LogP contribution is 2.31. The standard InChI is InChI=1S/C19H25F3N4O2/c1-3-25(4-2)11-6-10-23-18(27)17-9-12-26(24-17)14-28-16-8-5-7-15(13-16)19(20,21)22/h5,7-9,12-13H,3-4,6,10-11,14H2,1-2H3,(H,23,27). The number of nitrogens with zero attached hydrogens (tertiary/aromatic N) is 3. The number of carbonyl (C=O) groups excluding carboxylic acids is 1. The summed E-state index contributed by atoms with van der Waals surface area (Å²) in [6, 6.07) is 6.15. The number of amides is 1. The number of benzene rings is 1. The van der Waals surface area contributed by atoms with E-state index in [0.717, 1.165) is 38.2 Å². The zero-order valence-electron chi connectivity index (χ0n) is 16.0. The molecule has 0 fully saturated rings. The number of alkyl halides is 3. The van der Waals surface area contributed by atoms with Crippen LogP contribution in [-0.2, 0) is 12.9 Å². The van der Waals surface area contributed by atoms with Crippen molar-refractivity contribution in [2.24, 2.45) is 0 Å². The van der Waals surface area contributed by atoms with Crippen LogP contribution < -0.4 is 10.1 Å². The van der Waals surface area contributed by atoms with Crippen LogP contribution in [0.1, 0.15) is 36.3 Å². The Kier molecular flexibility index (Phi) is 7.86. The fourth-order valence-electron chi connectivity index (χ4n) is 2.59. The van der Waals surface area contributed by atoms with E-state index in [9.17, 15) is 18.0 Å². The maximum atomic E-state index is 12.7. The zero-order chi connectivity index (χ0) is 20.6. The van der Waals surface area contributed by atoms with E-state index in [2.05, 4.69) is 29.2 Å². The molecule has 6 nitrogen and oxygen atoms in total. The number of ether oxygens (including phenoxy) is 1. The summed E-state index contributed by atoms with van der Waals surface area (Å²) in [5.74, 6) is -0.218. The average molecular weight is 398 g/mol. The Labute approximate surface area is 162 Å². The number of aromatic nitrogens is 2. The van der Waals surface area contributed by atoms with Crippen molar-refractivity contribution < 1.29 is 22.7 Å². The highest BCUT2D eigenvalue weighted by Gasteiger charge is 2.30. The van der Waals surface area contributed by atoms with E-state index < -0.39 is 11.7 Å². The predicted octanol–water partition coefficient (Wildman–Crippen LogP) is 3.40. The van der Waals surface area contributed by atoms with Crippen molar-refractivity contribution >= 4 is 5.91 Å². The lowest BCUT2D eigenvalue weighted by Gasteiger charge is -2.17. The minimum atomic E-state index is -4.43. The van der Waals surface area contributed by atoms with Crippen LogP contribution in [0.5, 0.6) is 5.75 Å². The molecule has 1 aromatic heterocycles. The van der Waals surface area contributed by atoms with Gasteiger partial charge in [0, 0.05) is 12.7 Å². The van der Waals surface area contributed by atoms with Crippen molar-refractivity contribution in [1.82, 2.24) is 20.0 Å². The third kappa shape index (κ3) is 6.56. The van der Waals surface area contributed by atoms with Crippen molar-refractivity contribution in [2.45, 2.75) is 33.2 Å². The second-order valence-corrected chi connectivity index (χ2v) is 6.18. The van der Waals surface area contributed by atoms with Crippen LogP contribution in [0.4, 0.5) is 13.2 Å². The van der Waals surface area contributed by atoms with Crippen molar-refractivity contribution in [3.05, 3.63) is 47.8 Å². The molecule has 1 heterocycles. The molecule has 0 aliphatic rings. The smallest absolute Gasteiger partial charge is 0.416 e. The van der Waals surface area contributed by atoms with Gasteiger partial charge in [0.15, 0.2) is 6.73 Å². The number of rotatable bonds is 10. The maximum Gasteiger partial charge on any atom is 0.416 e. The first-order valence-corrected chi connectivity index (χ1v) is 9.17. The van der Waals surface area contributed by atoms with Gasteiger partial charge < -0.3 is 15.0 Å². The van der Waals surface area contributed by atoms with Crippen molar-refractivity contribution in [3.8, 4) is 5.75 Å². The average Bonchev–Trinajstić information content (AvgIpc) is 3.15. The van der Waals surface area contributed by atoms with Crippen LogP contribution >= 0.6 is 0 Å². The predicted molar refractivity (Wildman–Crippen MR) is 99.0 cm³/mol. The Hall–Kier alpha value is -2.55. The number of carbonyl (C=O) groups is 1. The molecule has 1 aromatic carbocycles. The van der Waals surface area contributed by atoms with Gasteiger partial charge in [-0.3, -0.25) is 4.79 Å². The summed E-state index contributed by atoms with van der Waals surface area (Å²) in [6.07, 6.45) is -2.05. The summed E-state index contributed by atoms with van der Waals surface area (Å²) >= 11 is 0. The zero-order valence-corrected chi connectivity index (χ0v) is 16.0. The van der Waals surface area contributed by atoms with Gasteiger partial charge in [0.25, 0.3) is 5.91 Å². The Morgan fingerprint density at radius 1 is 1.25 bits per heavy atom. The van der Waals surface area contributed by atoms with E-state index in [-0.39, 0.29) is 24.1 Å². The van der Waals surface area contributed by atoms with E-state index in [1.807, 2.05) is 0 Å². The van der Waals surface area contributed by atoms with Crippen LogP contribution in [0.2, 0.25) is 0 Å². The van der Waals surface area contributed by atoms with Gasteiger partial charge in [-0.2, -0.15) is 18.3 Å². The molecule has 1 N–H and O–H groups in total. The Morgan fingerprint density at radius 3 is 2.68 bits per heavy atom. The lowest BCUT2D eigenvalue weighted by atomic mass is 10.2. The number of halogens is 3. The summed E-state index contributed by atoms with van der Waals surface area (Å²) in [5.41, 5.74) is -0.550. The van der Waals surface area contributed by atoms with Crippen molar-refractivity contribution in [1.29, 1.82) is 0 Å². The molecule has 154 valence electrons. The fraction of sp³-hybridized carbons (Fsp3) is 0.474. The number of nitrogens with one attached hydrogen (secondary N) is 1. The molecule has 0 bridgehead atoms. The molecule has 9 heteroatoms. The largest absolute Gasteiger partial charge is 0.471 e. The summed E-state index contributed by atoms with van der Waals surface area (Å²) in [5, 5.41) is 6.90. The van der Waals surface area contributed by atoms with Gasteiger partial charge in [0.2, 0.25) is 0 Å². The molecule has 2 rings (SSSR count). The molecule has 0 aliphatic carbocycles. The molecular weight excluding hydrogens is 373 g/mol. The third-order valence-electron chi connectivity index (χ3n) is 4.23. The molecule has 0 saturated heterocycles. The van der Waals surface area contributed by atoms with E-state index in [4.69, 9.17) is 4.74 Å². The summed E-state index contributed by atoms with van der Waals surface area (Å²) in [6.45, 7) is 7.49. The molecule has 1 amide bonds. The van der Waals surface area contributed by atoms with E-state index in [1.54, 1.807) is 6.20 Å². The molecule has 0 radical (unpaired) electrons. The molecule has 0 atom stereocenters. The first-order chi connectivity index (χ1) is 13.3. The molecule has 0 unspecified atom stereocenters.